The third-order valence-electron chi connectivity index (χ3n) is 3.37. The number of sulfone groups is 1. The van der Waals surface area contributed by atoms with Crippen molar-refractivity contribution in [2.75, 3.05) is 18.2 Å². The molecule has 2 aromatic rings. The Labute approximate surface area is 142 Å². The van der Waals surface area contributed by atoms with Crippen molar-refractivity contribution in [1.82, 2.24) is 0 Å². The number of rotatable bonds is 7. The summed E-state index contributed by atoms with van der Waals surface area (Å²) in [7, 11) is -3.38. The normalized spacial score (nSPS) is 11.1. The van der Waals surface area contributed by atoms with E-state index in [0.29, 0.717) is 18.7 Å². The molecule has 0 heterocycles. The maximum absolute atomic E-state index is 12.0. The molecular weight excluding hydrogens is 326 g/mol. The average Bonchev–Trinajstić information content (AvgIpc) is 2.51. The first-order chi connectivity index (χ1) is 11.4. The summed E-state index contributed by atoms with van der Waals surface area (Å²) in [6, 6.07) is 14.1. The van der Waals surface area contributed by atoms with Crippen LogP contribution in [0.1, 0.15) is 18.4 Å². The highest BCUT2D eigenvalue weighted by Crippen LogP contribution is 2.20. The number of amides is 1. The zero-order valence-electron chi connectivity index (χ0n) is 13.8. The van der Waals surface area contributed by atoms with Crippen LogP contribution in [-0.2, 0) is 14.6 Å². The molecule has 1 amide bonds. The monoisotopic (exact) mass is 347 g/mol. The predicted octanol–water partition coefficient (Wildman–Crippen LogP) is 3.20. The Morgan fingerprint density at radius 3 is 2.58 bits per heavy atom. The lowest BCUT2D eigenvalue weighted by Crippen LogP contribution is -2.15. The molecule has 6 heteroatoms. The molecule has 0 aliphatic carbocycles. The lowest BCUT2D eigenvalue weighted by atomic mass is 10.2. The summed E-state index contributed by atoms with van der Waals surface area (Å²) in [4.78, 5) is 12.1. The van der Waals surface area contributed by atoms with Gasteiger partial charge in [0.25, 0.3) is 0 Å². The van der Waals surface area contributed by atoms with Gasteiger partial charge in [-0.1, -0.05) is 24.3 Å². The largest absolute Gasteiger partial charge is 0.494 e. The van der Waals surface area contributed by atoms with Crippen molar-refractivity contribution in [1.29, 1.82) is 0 Å². The van der Waals surface area contributed by atoms with Crippen LogP contribution in [0.15, 0.2) is 53.4 Å². The fourth-order valence-corrected chi connectivity index (χ4v) is 3.08. The van der Waals surface area contributed by atoms with Gasteiger partial charge in [0.05, 0.1) is 17.2 Å². The van der Waals surface area contributed by atoms with Crippen LogP contribution in [0.3, 0.4) is 0 Å². The number of ether oxygens (including phenoxy) is 1. The number of para-hydroxylation sites is 1. The number of hydrogen-bond acceptors (Lipinski definition) is 4. The number of nitrogens with one attached hydrogen (secondary N) is 1. The molecule has 0 unspecified atom stereocenters. The van der Waals surface area contributed by atoms with E-state index in [0.717, 1.165) is 17.6 Å². The molecule has 0 fully saturated rings. The first-order valence-corrected chi connectivity index (χ1v) is 9.54. The topological polar surface area (TPSA) is 72.5 Å². The molecule has 0 aromatic heterocycles. The van der Waals surface area contributed by atoms with Gasteiger partial charge in [-0.2, -0.15) is 0 Å². The van der Waals surface area contributed by atoms with Gasteiger partial charge < -0.3 is 10.1 Å². The third kappa shape index (κ3) is 5.38. The molecule has 2 aromatic carbocycles. The maximum Gasteiger partial charge on any atom is 0.224 e. The van der Waals surface area contributed by atoms with Gasteiger partial charge in [-0.25, -0.2) is 8.42 Å². The minimum Gasteiger partial charge on any atom is -0.494 e. The zero-order chi connectivity index (χ0) is 17.6. The molecule has 1 N–H and O–H groups in total. The molecule has 5 nitrogen and oxygen atoms in total. The van der Waals surface area contributed by atoms with Crippen LogP contribution in [0.2, 0.25) is 0 Å². The molecule has 0 atom stereocenters. The van der Waals surface area contributed by atoms with Crippen molar-refractivity contribution >= 4 is 21.4 Å². The molecule has 0 aliphatic rings. The summed E-state index contributed by atoms with van der Waals surface area (Å²) in [5.74, 6) is 0.539. The predicted molar refractivity (Wildman–Crippen MR) is 94.1 cm³/mol. The van der Waals surface area contributed by atoms with Gasteiger partial charge in [0.2, 0.25) is 5.91 Å². The first kappa shape index (κ1) is 18.0. The van der Waals surface area contributed by atoms with Crippen molar-refractivity contribution < 1.29 is 17.9 Å². The SMILES string of the molecule is Cc1cccc(OCCCC(=O)Nc2ccccc2S(C)(=O)=O)c1. The van der Waals surface area contributed by atoms with E-state index in [-0.39, 0.29) is 17.2 Å². The van der Waals surface area contributed by atoms with E-state index in [4.69, 9.17) is 4.74 Å². The van der Waals surface area contributed by atoms with E-state index < -0.39 is 9.84 Å². The summed E-state index contributed by atoms with van der Waals surface area (Å²) < 4.78 is 29.0. The third-order valence-corrected chi connectivity index (χ3v) is 4.52. The number of anilines is 1. The molecule has 0 bridgehead atoms. The highest BCUT2D eigenvalue weighted by Gasteiger charge is 2.14. The maximum atomic E-state index is 12.0. The van der Waals surface area contributed by atoms with E-state index in [1.165, 1.54) is 6.07 Å². The van der Waals surface area contributed by atoms with E-state index in [2.05, 4.69) is 5.32 Å². The van der Waals surface area contributed by atoms with Gasteiger partial charge in [-0.3, -0.25) is 4.79 Å². The molecule has 0 aliphatic heterocycles. The van der Waals surface area contributed by atoms with Crippen LogP contribution in [0.4, 0.5) is 5.69 Å². The number of carbonyl (C=O) groups excluding carboxylic acids is 1. The number of carbonyl (C=O) groups is 1. The standard InChI is InChI=1S/C18H21NO4S/c1-14-7-5-8-15(13-14)23-12-6-11-18(20)19-16-9-3-4-10-17(16)24(2,21)22/h3-5,7-10,13H,6,11-12H2,1-2H3,(H,19,20). The fraction of sp³-hybridized carbons (Fsp3) is 0.278. The van der Waals surface area contributed by atoms with Crippen molar-refractivity contribution in [3.63, 3.8) is 0 Å². The Morgan fingerprint density at radius 2 is 1.88 bits per heavy atom. The lowest BCUT2D eigenvalue weighted by molar-refractivity contribution is -0.116. The number of hydrogen-bond donors (Lipinski definition) is 1. The van der Waals surface area contributed by atoms with E-state index in [9.17, 15) is 13.2 Å². The summed E-state index contributed by atoms with van der Waals surface area (Å²) in [5, 5.41) is 2.65. The lowest BCUT2D eigenvalue weighted by Gasteiger charge is -2.10. The molecule has 0 saturated heterocycles. The Bertz CT molecular complexity index is 815. The quantitative estimate of drug-likeness (QED) is 0.781. The Kier molecular flexibility index (Phi) is 5.98. The van der Waals surface area contributed by atoms with Crippen LogP contribution < -0.4 is 10.1 Å². The molecule has 2 rings (SSSR count). The smallest absolute Gasteiger partial charge is 0.224 e. The summed E-state index contributed by atoms with van der Waals surface area (Å²) in [6.07, 6.45) is 1.92. The molecule has 24 heavy (non-hydrogen) atoms. The van der Waals surface area contributed by atoms with Crippen LogP contribution >= 0.6 is 0 Å². The second-order valence-electron chi connectivity index (χ2n) is 5.59. The molecule has 0 radical (unpaired) electrons. The fourth-order valence-electron chi connectivity index (χ4n) is 2.23. The second-order valence-corrected chi connectivity index (χ2v) is 7.57. The highest BCUT2D eigenvalue weighted by atomic mass is 32.2. The van der Waals surface area contributed by atoms with E-state index >= 15 is 0 Å². The first-order valence-electron chi connectivity index (χ1n) is 7.64. The highest BCUT2D eigenvalue weighted by molar-refractivity contribution is 7.90. The molecule has 0 spiro atoms. The van der Waals surface area contributed by atoms with Crippen molar-refractivity contribution in [3.8, 4) is 5.75 Å². The Balaban J connectivity index is 1.84. The van der Waals surface area contributed by atoms with Crippen molar-refractivity contribution in [3.05, 3.63) is 54.1 Å². The van der Waals surface area contributed by atoms with Gasteiger partial charge in [0.15, 0.2) is 9.84 Å². The number of benzene rings is 2. The van der Waals surface area contributed by atoms with Crippen molar-refractivity contribution in [2.45, 2.75) is 24.7 Å². The summed E-state index contributed by atoms with van der Waals surface area (Å²) in [6.45, 7) is 2.41. The minimum absolute atomic E-state index is 0.120. The summed E-state index contributed by atoms with van der Waals surface area (Å²) >= 11 is 0. The van der Waals surface area contributed by atoms with Crippen molar-refractivity contribution in [2.24, 2.45) is 0 Å². The van der Waals surface area contributed by atoms with E-state index in [1.807, 2.05) is 31.2 Å². The van der Waals surface area contributed by atoms with E-state index in [1.54, 1.807) is 18.2 Å². The molecular formula is C18H21NO4S. The Hall–Kier alpha value is -2.34. The van der Waals surface area contributed by atoms with Crippen LogP contribution in [-0.4, -0.2) is 27.2 Å². The minimum atomic E-state index is -3.38. The van der Waals surface area contributed by atoms with Gasteiger partial charge in [-0.05, 0) is 43.2 Å². The average molecular weight is 347 g/mol. The van der Waals surface area contributed by atoms with Crippen LogP contribution in [0.25, 0.3) is 0 Å². The van der Waals surface area contributed by atoms with Crippen LogP contribution in [0, 0.1) is 6.92 Å². The van der Waals surface area contributed by atoms with Gasteiger partial charge >= 0.3 is 0 Å². The second kappa shape index (κ2) is 7.97. The molecule has 0 saturated carbocycles. The van der Waals surface area contributed by atoms with Gasteiger partial charge in [-0.15, -0.1) is 0 Å². The molecule has 128 valence electrons. The summed E-state index contributed by atoms with van der Waals surface area (Å²) in [5.41, 5.74) is 1.42. The number of aryl methyl sites for hydroxylation is 1. The van der Waals surface area contributed by atoms with Crippen LogP contribution in [0.5, 0.6) is 5.75 Å². The van der Waals surface area contributed by atoms with Gasteiger partial charge in [0.1, 0.15) is 5.75 Å². The van der Waals surface area contributed by atoms with Gasteiger partial charge in [0, 0.05) is 12.7 Å². The zero-order valence-corrected chi connectivity index (χ0v) is 14.6. The Morgan fingerprint density at radius 1 is 1.12 bits per heavy atom.